The first-order valence-corrected chi connectivity index (χ1v) is 23.1. The van der Waals surface area contributed by atoms with Crippen LogP contribution in [0.2, 0.25) is 0 Å². The van der Waals surface area contributed by atoms with Crippen LogP contribution in [0.15, 0.2) is 192 Å². The highest BCUT2D eigenvalue weighted by atomic mass is 127. The van der Waals surface area contributed by atoms with Gasteiger partial charge >= 0.3 is 0 Å². The number of terminal acetylenes is 1. The maximum Gasteiger partial charge on any atom is 0.190 e. The zero-order valence-electron chi connectivity index (χ0n) is 35.4. The van der Waals surface area contributed by atoms with E-state index < -0.39 is 0 Å². The van der Waals surface area contributed by atoms with Gasteiger partial charge in [-0.3, -0.25) is 14.4 Å². The van der Waals surface area contributed by atoms with Crippen LogP contribution in [0, 0.1) is 27.8 Å². The number of hydrogen-bond acceptors (Lipinski definition) is 5. The Balaban J connectivity index is 0.000000145. The highest BCUT2D eigenvalue weighted by molar-refractivity contribution is 14.1. The lowest BCUT2D eigenvalue weighted by Gasteiger charge is -2.11. The summed E-state index contributed by atoms with van der Waals surface area (Å²) in [6.45, 7) is 8.22. The number of halogens is 1. The molecule has 0 radical (unpaired) electrons. The third-order valence-corrected chi connectivity index (χ3v) is 12.6. The molecule has 0 aliphatic rings. The van der Waals surface area contributed by atoms with Crippen molar-refractivity contribution in [2.75, 3.05) is 0 Å². The second-order valence-electron chi connectivity index (χ2n) is 14.6. The minimum Gasteiger partial charge on any atom is -0.290 e. The van der Waals surface area contributed by atoms with Gasteiger partial charge in [0.05, 0.1) is 0 Å². The molecule has 0 N–H and O–H groups in total. The molecule has 10 aromatic rings. The van der Waals surface area contributed by atoms with E-state index in [0.717, 1.165) is 26.5 Å². The Hall–Kier alpha value is -6.68. The summed E-state index contributed by atoms with van der Waals surface area (Å²) in [5, 5.41) is 15.4. The number of ketones is 1. The van der Waals surface area contributed by atoms with E-state index in [9.17, 15) is 14.4 Å². The number of allylic oxidation sites excluding steroid dienone is 3. The first-order valence-electron chi connectivity index (χ1n) is 20.4. The quantitative estimate of drug-likeness (QED) is 0.0578. The van der Waals surface area contributed by atoms with Gasteiger partial charge < -0.3 is 0 Å². The van der Waals surface area contributed by atoms with Crippen molar-refractivity contribution in [3.8, 4) is 24.2 Å². The van der Waals surface area contributed by atoms with Crippen molar-refractivity contribution >= 4 is 127 Å². The molecule has 0 unspecified atom stereocenters. The maximum atomic E-state index is 11.2. The molecule has 0 saturated carbocycles. The van der Waals surface area contributed by atoms with Crippen molar-refractivity contribution in [3.63, 3.8) is 0 Å². The Morgan fingerprint density at radius 1 is 0.531 bits per heavy atom. The van der Waals surface area contributed by atoms with Crippen LogP contribution in [-0.4, -0.2) is 16.0 Å². The van der Waals surface area contributed by atoms with E-state index in [1.54, 1.807) is 26.8 Å². The van der Waals surface area contributed by atoms with Gasteiger partial charge in [0.25, 0.3) is 0 Å². The predicted molar refractivity (Wildman–Crippen MR) is 283 cm³/mol. The second-order valence-corrected chi connectivity index (χ2v) is 18.4. The first-order chi connectivity index (χ1) is 31.1. The van der Waals surface area contributed by atoms with Gasteiger partial charge in [-0.15, -0.1) is 6.42 Å². The smallest absolute Gasteiger partial charge is 0.190 e. The van der Waals surface area contributed by atoms with Crippen LogP contribution in [0.1, 0.15) is 37.5 Å². The lowest BCUT2D eigenvalue weighted by molar-refractivity contribution is -0.110. The molecule has 0 heterocycles. The molecule has 0 aliphatic carbocycles. The Bertz CT molecular complexity index is 3430. The van der Waals surface area contributed by atoms with E-state index in [1.807, 2.05) is 54.6 Å². The van der Waals surface area contributed by atoms with Gasteiger partial charge in [-0.05, 0) is 167 Å². The molecular formula is C58H41IO3S2. The molecule has 64 heavy (non-hydrogen) atoms. The van der Waals surface area contributed by atoms with Gasteiger partial charge in [0.1, 0.15) is 0 Å². The fraction of sp³-hybridized carbons (Fsp3) is 0.0517. The van der Waals surface area contributed by atoms with Gasteiger partial charge in [-0.2, -0.15) is 0 Å². The summed E-state index contributed by atoms with van der Waals surface area (Å²) in [5.74, 6) is 9.37. The Labute approximate surface area is 395 Å². The lowest BCUT2D eigenvalue weighted by Crippen LogP contribution is -1.87. The van der Waals surface area contributed by atoms with Gasteiger partial charge in [0.2, 0.25) is 0 Å². The minimum absolute atomic E-state index is 0.0394. The lowest BCUT2D eigenvalue weighted by atomic mass is 9.92. The minimum atomic E-state index is -0.0394. The summed E-state index contributed by atoms with van der Waals surface area (Å²) in [5.41, 5.74) is 2.95. The molecular weight excluding hydrogens is 936 g/mol. The number of thioether (sulfide) groups is 2. The number of benzene rings is 10. The summed E-state index contributed by atoms with van der Waals surface area (Å²) in [4.78, 5) is 34.0. The molecule has 6 heteroatoms. The van der Waals surface area contributed by atoms with Crippen LogP contribution in [0.25, 0.3) is 64.6 Å². The van der Waals surface area contributed by atoms with Gasteiger partial charge in [-0.25, -0.2) is 0 Å². The number of hydrogen-bond donors (Lipinski definition) is 0. The fourth-order valence-electron chi connectivity index (χ4n) is 7.52. The molecule has 0 fully saturated rings. The first kappa shape index (κ1) is 45.3. The zero-order valence-corrected chi connectivity index (χ0v) is 39.2. The summed E-state index contributed by atoms with van der Waals surface area (Å²) in [6, 6.07) is 54.4. The Morgan fingerprint density at radius 3 is 1.36 bits per heavy atom. The normalized spacial score (nSPS) is 10.7. The van der Waals surface area contributed by atoms with Crippen LogP contribution in [0.4, 0.5) is 0 Å². The zero-order chi connectivity index (χ0) is 45.2. The number of rotatable bonds is 4. The van der Waals surface area contributed by atoms with E-state index in [1.165, 1.54) is 104 Å². The van der Waals surface area contributed by atoms with Crippen LogP contribution in [-0.2, 0) is 14.4 Å². The fourth-order valence-corrected chi connectivity index (χ4v) is 9.09. The Morgan fingerprint density at radius 2 is 0.938 bits per heavy atom. The molecule has 10 aromatic carbocycles. The molecule has 0 atom stereocenters. The molecule has 0 saturated heterocycles. The van der Waals surface area contributed by atoms with Crippen molar-refractivity contribution in [1.29, 1.82) is 0 Å². The molecule has 10 rings (SSSR count). The highest BCUT2D eigenvalue weighted by Gasteiger charge is 2.11. The van der Waals surface area contributed by atoms with Crippen LogP contribution in [0.3, 0.4) is 0 Å². The molecule has 0 aromatic heterocycles. The van der Waals surface area contributed by atoms with E-state index >= 15 is 0 Å². The SMILES string of the molecule is C#Cc1ccc2ccc3cccc4ccc1c2c34.C=CC(=O)C=CC.CC(=O)Sc1ccc(C#Cc2ccc3ccc4cccc5ccc2c3c45)cc1.CC(=O)Sc1ccc(I)cc1. The maximum absolute atomic E-state index is 11.2. The summed E-state index contributed by atoms with van der Waals surface area (Å²) in [6.07, 6.45) is 10.0. The molecule has 310 valence electrons. The third-order valence-electron chi connectivity index (χ3n) is 10.3. The van der Waals surface area contributed by atoms with Gasteiger partial charge in [0, 0.05) is 43.9 Å². The van der Waals surface area contributed by atoms with Crippen molar-refractivity contribution in [3.05, 3.63) is 203 Å². The average molecular weight is 977 g/mol. The molecule has 0 amide bonds. The summed E-state index contributed by atoms with van der Waals surface area (Å²) < 4.78 is 1.19. The molecule has 0 spiro atoms. The third kappa shape index (κ3) is 10.7. The van der Waals surface area contributed by atoms with Crippen LogP contribution >= 0.6 is 46.1 Å². The van der Waals surface area contributed by atoms with E-state index in [0.29, 0.717) is 0 Å². The largest absolute Gasteiger partial charge is 0.290 e. The van der Waals surface area contributed by atoms with E-state index in [4.69, 9.17) is 6.42 Å². The average Bonchev–Trinajstić information content (AvgIpc) is 3.31. The number of carbonyl (C=O) groups excluding carboxylic acids is 3. The van der Waals surface area contributed by atoms with Crippen molar-refractivity contribution < 1.29 is 14.4 Å². The van der Waals surface area contributed by atoms with Gasteiger partial charge in [0.15, 0.2) is 16.0 Å². The molecule has 3 nitrogen and oxygen atoms in total. The van der Waals surface area contributed by atoms with Crippen molar-refractivity contribution in [2.45, 2.75) is 30.6 Å². The van der Waals surface area contributed by atoms with E-state index in [-0.39, 0.29) is 16.0 Å². The highest BCUT2D eigenvalue weighted by Crippen LogP contribution is 2.37. The van der Waals surface area contributed by atoms with Gasteiger partial charge in [-0.1, -0.05) is 151 Å². The summed E-state index contributed by atoms with van der Waals surface area (Å²) >= 11 is 4.74. The summed E-state index contributed by atoms with van der Waals surface area (Å²) in [7, 11) is 0. The monoisotopic (exact) mass is 976 g/mol. The predicted octanol–water partition coefficient (Wildman–Crippen LogP) is 15.4. The second kappa shape index (κ2) is 21.1. The topological polar surface area (TPSA) is 51.2 Å². The van der Waals surface area contributed by atoms with Crippen molar-refractivity contribution in [2.24, 2.45) is 0 Å². The molecule has 0 bridgehead atoms. The number of carbonyl (C=O) groups is 3. The van der Waals surface area contributed by atoms with Crippen LogP contribution < -0.4 is 0 Å². The molecule has 0 aliphatic heterocycles. The standard InChI is InChI=1S/C26H16OS.C18H10.C8H7IOS.C6H8O/c1-17(27)28-23-14-6-18(7-15-23)5-8-19-9-10-22-12-11-20-3-2-4-21-13-16-24(19)26(22)25(20)21;1-2-12-6-7-15-9-8-13-4-3-5-14-10-11-16(12)18(15)17(13)14;1-6(10)11-8-4-2-7(9)3-5-8;1-3-5-6(7)4-2/h2-4,6-7,9-16H,1H3;1,3-11H;2-5H,1H3;3-5H,2H2,1H3. The van der Waals surface area contributed by atoms with Crippen molar-refractivity contribution in [1.82, 2.24) is 0 Å². The van der Waals surface area contributed by atoms with Crippen LogP contribution in [0.5, 0.6) is 0 Å². The Kier molecular flexibility index (Phi) is 15.0. The van der Waals surface area contributed by atoms with E-state index in [2.05, 4.69) is 150 Å².